The van der Waals surface area contributed by atoms with Crippen molar-refractivity contribution in [2.45, 2.75) is 19.8 Å². The van der Waals surface area contributed by atoms with Gasteiger partial charge < -0.3 is 4.74 Å². The normalized spacial score (nSPS) is 11.2. The zero-order valence-corrected chi connectivity index (χ0v) is 12.4. The van der Waals surface area contributed by atoms with E-state index in [-0.39, 0.29) is 0 Å². The third kappa shape index (κ3) is 2.14. The van der Waals surface area contributed by atoms with Gasteiger partial charge in [0.05, 0.1) is 23.7 Å². The van der Waals surface area contributed by atoms with Gasteiger partial charge in [-0.15, -0.1) is 11.3 Å². The van der Waals surface area contributed by atoms with Crippen LogP contribution in [0.2, 0.25) is 0 Å². The van der Waals surface area contributed by atoms with Crippen LogP contribution in [-0.4, -0.2) is 22.1 Å². The molecule has 5 heteroatoms. The summed E-state index contributed by atoms with van der Waals surface area (Å²) in [6.45, 7) is 4.26. The molecular weight excluding hydrogens is 270 g/mol. The lowest BCUT2D eigenvalue weighted by Gasteiger charge is -2.07. The van der Waals surface area contributed by atoms with Crippen molar-refractivity contribution in [3.8, 4) is 16.5 Å². The van der Waals surface area contributed by atoms with Crippen LogP contribution in [0.3, 0.4) is 0 Å². The third-order valence-electron chi connectivity index (χ3n) is 3.11. The Hall–Kier alpha value is -2.01. The number of benzene rings is 1. The second-order valence-corrected chi connectivity index (χ2v) is 5.62. The molecule has 0 aliphatic carbocycles. The number of methoxy groups -OCH3 is 1. The number of hydrogen-bond acceptors (Lipinski definition) is 5. The molecule has 0 bridgehead atoms. The molecule has 3 rings (SSSR count). The molecule has 101 valence electrons. The number of ether oxygens (including phenoxy) is 1. The van der Waals surface area contributed by atoms with Crippen molar-refractivity contribution in [2.75, 3.05) is 7.11 Å². The largest absolute Gasteiger partial charge is 0.496 e. The van der Waals surface area contributed by atoms with E-state index < -0.39 is 0 Å². The standard InChI is InChI=1S/C15H14N3OS/c1-9(2)11-7-20-15(18-11)14-13-10(16-8-17-14)5-4-6-12(13)19-3/h4-7,9H,1-3H3. The van der Waals surface area contributed by atoms with E-state index in [2.05, 4.69) is 40.5 Å². The smallest absolute Gasteiger partial charge is 0.199 e. The second kappa shape index (κ2) is 5.17. The molecule has 2 heterocycles. The first-order valence-electron chi connectivity index (χ1n) is 6.37. The second-order valence-electron chi connectivity index (χ2n) is 4.76. The maximum Gasteiger partial charge on any atom is 0.199 e. The van der Waals surface area contributed by atoms with Gasteiger partial charge in [-0.2, -0.15) is 0 Å². The highest BCUT2D eigenvalue weighted by molar-refractivity contribution is 7.13. The van der Waals surface area contributed by atoms with Crippen LogP contribution >= 0.6 is 11.3 Å². The lowest BCUT2D eigenvalue weighted by atomic mass is 10.1. The summed E-state index contributed by atoms with van der Waals surface area (Å²) >= 11 is 1.59. The number of thiazole rings is 1. The SMILES string of the molecule is COc1cccc2n[c]nc(-c3nc(C(C)C)cs3)c12. The molecule has 0 atom stereocenters. The Morgan fingerprint density at radius 3 is 2.80 bits per heavy atom. The monoisotopic (exact) mass is 284 g/mol. The minimum absolute atomic E-state index is 0.402. The van der Waals surface area contributed by atoms with Crippen LogP contribution in [0.15, 0.2) is 23.6 Å². The van der Waals surface area contributed by atoms with Gasteiger partial charge in [-0.25, -0.2) is 15.0 Å². The minimum atomic E-state index is 0.402. The molecule has 0 saturated carbocycles. The number of aromatic nitrogens is 3. The molecule has 0 spiro atoms. The van der Waals surface area contributed by atoms with Gasteiger partial charge in [-0.05, 0) is 18.1 Å². The molecule has 0 saturated heterocycles. The van der Waals surface area contributed by atoms with E-state index in [1.807, 2.05) is 18.2 Å². The Kier molecular flexibility index (Phi) is 3.36. The molecule has 4 nitrogen and oxygen atoms in total. The topological polar surface area (TPSA) is 47.9 Å². The minimum Gasteiger partial charge on any atom is -0.496 e. The maximum atomic E-state index is 5.43. The molecular formula is C15H14N3OS. The average molecular weight is 284 g/mol. The predicted molar refractivity (Wildman–Crippen MR) is 80.1 cm³/mol. The maximum absolute atomic E-state index is 5.43. The number of fused-ring (bicyclic) bond motifs is 1. The van der Waals surface area contributed by atoms with Crippen molar-refractivity contribution in [2.24, 2.45) is 0 Å². The highest BCUT2D eigenvalue weighted by atomic mass is 32.1. The van der Waals surface area contributed by atoms with E-state index in [1.165, 1.54) is 0 Å². The molecule has 0 aliphatic rings. The fraction of sp³-hybridized carbons (Fsp3) is 0.267. The Labute approximate surface area is 121 Å². The Morgan fingerprint density at radius 2 is 2.10 bits per heavy atom. The molecule has 0 N–H and O–H groups in total. The highest BCUT2D eigenvalue weighted by Gasteiger charge is 2.15. The lowest BCUT2D eigenvalue weighted by molar-refractivity contribution is 0.419. The van der Waals surface area contributed by atoms with E-state index in [1.54, 1.807) is 18.4 Å². The van der Waals surface area contributed by atoms with Gasteiger partial charge in [0.15, 0.2) is 6.33 Å². The fourth-order valence-electron chi connectivity index (χ4n) is 2.02. The summed E-state index contributed by atoms with van der Waals surface area (Å²) in [5.74, 6) is 1.16. The van der Waals surface area contributed by atoms with Crippen LogP contribution in [-0.2, 0) is 0 Å². The first kappa shape index (κ1) is 13.0. The van der Waals surface area contributed by atoms with Gasteiger partial charge >= 0.3 is 0 Å². The molecule has 0 amide bonds. The summed E-state index contributed by atoms with van der Waals surface area (Å²) in [5, 5.41) is 3.84. The predicted octanol–water partition coefficient (Wildman–Crippen LogP) is 3.69. The zero-order valence-electron chi connectivity index (χ0n) is 11.5. The quantitative estimate of drug-likeness (QED) is 0.736. The summed E-state index contributed by atoms with van der Waals surface area (Å²) < 4.78 is 5.43. The summed E-state index contributed by atoms with van der Waals surface area (Å²) in [6.07, 6.45) is 2.70. The molecule has 2 aromatic heterocycles. The van der Waals surface area contributed by atoms with Crippen molar-refractivity contribution < 1.29 is 4.74 Å². The fourth-order valence-corrected chi connectivity index (χ4v) is 3.00. The van der Waals surface area contributed by atoms with E-state index in [4.69, 9.17) is 4.74 Å². The van der Waals surface area contributed by atoms with Crippen LogP contribution in [0.5, 0.6) is 5.75 Å². The van der Waals surface area contributed by atoms with Gasteiger partial charge in [0, 0.05) is 5.38 Å². The molecule has 0 fully saturated rings. The summed E-state index contributed by atoms with van der Waals surface area (Å²) in [6, 6.07) is 5.75. The van der Waals surface area contributed by atoms with Gasteiger partial charge in [0.25, 0.3) is 0 Å². The first-order chi connectivity index (χ1) is 9.70. The molecule has 1 radical (unpaired) electrons. The van der Waals surface area contributed by atoms with Crippen molar-refractivity contribution in [1.82, 2.24) is 15.0 Å². The van der Waals surface area contributed by atoms with Gasteiger partial charge in [0.1, 0.15) is 16.5 Å². The Balaban J connectivity index is 2.24. The molecule has 20 heavy (non-hydrogen) atoms. The van der Waals surface area contributed by atoms with Crippen molar-refractivity contribution in [1.29, 1.82) is 0 Å². The van der Waals surface area contributed by atoms with Crippen LogP contribution in [0.1, 0.15) is 25.5 Å². The number of rotatable bonds is 3. The number of hydrogen-bond donors (Lipinski definition) is 0. The Bertz CT molecular complexity index is 746. The van der Waals surface area contributed by atoms with Crippen molar-refractivity contribution in [3.05, 3.63) is 35.6 Å². The van der Waals surface area contributed by atoms with E-state index in [0.717, 1.165) is 33.0 Å². The van der Waals surface area contributed by atoms with Gasteiger partial charge in [-0.1, -0.05) is 19.9 Å². The third-order valence-corrected chi connectivity index (χ3v) is 3.98. The highest BCUT2D eigenvalue weighted by Crippen LogP contribution is 2.34. The Morgan fingerprint density at radius 1 is 1.25 bits per heavy atom. The van der Waals surface area contributed by atoms with Crippen LogP contribution in [0, 0.1) is 6.33 Å². The lowest BCUT2D eigenvalue weighted by Crippen LogP contribution is -1.93. The number of nitrogens with zero attached hydrogens (tertiary/aromatic N) is 3. The van der Waals surface area contributed by atoms with E-state index >= 15 is 0 Å². The summed E-state index contributed by atoms with van der Waals surface area (Å²) in [4.78, 5) is 13.1. The van der Waals surface area contributed by atoms with Crippen LogP contribution < -0.4 is 4.74 Å². The average Bonchev–Trinajstić information content (AvgIpc) is 2.96. The van der Waals surface area contributed by atoms with Crippen molar-refractivity contribution >= 4 is 22.2 Å². The zero-order chi connectivity index (χ0) is 14.1. The molecule has 3 aromatic rings. The van der Waals surface area contributed by atoms with Crippen molar-refractivity contribution in [3.63, 3.8) is 0 Å². The van der Waals surface area contributed by atoms with Gasteiger partial charge in [0.2, 0.25) is 0 Å². The van der Waals surface area contributed by atoms with E-state index in [0.29, 0.717) is 5.92 Å². The molecule has 0 unspecified atom stereocenters. The van der Waals surface area contributed by atoms with Crippen LogP contribution in [0.25, 0.3) is 21.6 Å². The van der Waals surface area contributed by atoms with E-state index in [9.17, 15) is 0 Å². The summed E-state index contributed by atoms with van der Waals surface area (Å²) in [5.41, 5.74) is 2.67. The van der Waals surface area contributed by atoms with Gasteiger partial charge in [-0.3, -0.25) is 0 Å². The van der Waals surface area contributed by atoms with Crippen LogP contribution in [0.4, 0.5) is 0 Å². The summed E-state index contributed by atoms with van der Waals surface area (Å²) in [7, 11) is 1.65. The first-order valence-corrected chi connectivity index (χ1v) is 7.25. The molecule has 1 aromatic carbocycles. The molecule has 0 aliphatic heterocycles.